The molecule has 4 aromatic rings. The maximum atomic E-state index is 14.5. The lowest BCUT2D eigenvalue weighted by atomic mass is 9.86. The van der Waals surface area contributed by atoms with Gasteiger partial charge in [0.25, 0.3) is 11.8 Å². The van der Waals surface area contributed by atoms with Gasteiger partial charge in [0.05, 0.1) is 30.7 Å². The molecule has 2 aliphatic rings. The number of benzene rings is 2. The lowest BCUT2D eigenvalue weighted by Crippen LogP contribution is -2.51. The van der Waals surface area contributed by atoms with Crippen LogP contribution in [0.15, 0.2) is 48.7 Å². The third-order valence-corrected chi connectivity index (χ3v) is 7.94. The summed E-state index contributed by atoms with van der Waals surface area (Å²) < 4.78 is 13.2. The molecule has 0 saturated carbocycles. The summed E-state index contributed by atoms with van der Waals surface area (Å²) in [7, 11) is 1.55. The second kappa shape index (κ2) is 9.78. The Morgan fingerprint density at radius 2 is 1.80 bits per heavy atom. The number of pyridine rings is 1. The van der Waals surface area contributed by atoms with Crippen molar-refractivity contribution in [2.45, 2.75) is 39.3 Å². The summed E-state index contributed by atoms with van der Waals surface area (Å²) in [6.07, 6.45) is 1.61. The molecule has 4 heterocycles. The molecule has 11 heteroatoms. The Morgan fingerprint density at radius 1 is 1.07 bits per heavy atom. The number of halogens is 2. The molecule has 1 spiro atoms. The minimum absolute atomic E-state index is 0.155. The van der Waals surface area contributed by atoms with E-state index in [0.29, 0.717) is 62.3 Å². The predicted octanol–water partition coefficient (Wildman–Crippen LogP) is 6.40. The molecule has 1 unspecified atom stereocenters. The summed E-state index contributed by atoms with van der Waals surface area (Å²) in [5.74, 6) is 0.497. The van der Waals surface area contributed by atoms with Gasteiger partial charge in [-0.15, -0.1) is 0 Å². The highest BCUT2D eigenvalue weighted by atomic mass is 35.5. The predicted molar refractivity (Wildman–Crippen MR) is 157 cm³/mol. The fraction of sp³-hybridized carbons (Fsp3) is 0.267. The van der Waals surface area contributed by atoms with Crippen molar-refractivity contribution >= 4 is 46.4 Å². The molecule has 2 aromatic heterocycles. The zero-order valence-corrected chi connectivity index (χ0v) is 24.6. The van der Waals surface area contributed by atoms with Gasteiger partial charge >= 0.3 is 0 Å². The Hall–Kier alpha value is -4.08. The maximum absolute atomic E-state index is 14.5. The number of anilines is 2. The molecule has 0 aliphatic carbocycles. The number of hydrogen-bond donors (Lipinski definition) is 1. The van der Waals surface area contributed by atoms with Crippen molar-refractivity contribution in [1.29, 1.82) is 0 Å². The van der Waals surface area contributed by atoms with Crippen LogP contribution in [0.5, 0.6) is 11.6 Å². The fourth-order valence-corrected chi connectivity index (χ4v) is 6.15. The molecule has 6 rings (SSSR count). The summed E-state index contributed by atoms with van der Waals surface area (Å²) in [6.45, 7) is 8.13. The minimum Gasteiger partial charge on any atom is -0.496 e. The SMILES string of the molecule is CCOc1cc(OC)c(-c2nc3c(n2C(C)C)C2(C(=O)Nc4cc(Cl)ccc42)N(c2cc(Cl)ccc2C)C3=O)cn1. The van der Waals surface area contributed by atoms with E-state index in [-0.39, 0.29) is 11.7 Å². The van der Waals surface area contributed by atoms with E-state index in [1.165, 1.54) is 4.90 Å². The molecular weight excluding hydrogens is 565 g/mol. The van der Waals surface area contributed by atoms with Gasteiger partial charge in [0.2, 0.25) is 5.88 Å². The minimum atomic E-state index is -1.58. The first kappa shape index (κ1) is 27.1. The van der Waals surface area contributed by atoms with E-state index in [2.05, 4.69) is 10.3 Å². The molecule has 2 aromatic carbocycles. The van der Waals surface area contributed by atoms with Crippen molar-refractivity contribution < 1.29 is 19.1 Å². The van der Waals surface area contributed by atoms with Crippen molar-refractivity contribution in [2.75, 3.05) is 23.9 Å². The number of carbonyl (C=O) groups is 2. The molecular formula is C30H27Cl2N5O4. The normalized spacial score (nSPS) is 17.3. The monoisotopic (exact) mass is 591 g/mol. The number of hydrogen-bond acceptors (Lipinski definition) is 6. The summed E-state index contributed by atoms with van der Waals surface area (Å²) in [6, 6.07) is 11.9. The van der Waals surface area contributed by atoms with Crippen molar-refractivity contribution in [1.82, 2.24) is 14.5 Å². The highest BCUT2D eigenvalue weighted by Gasteiger charge is 2.64. The van der Waals surface area contributed by atoms with E-state index in [9.17, 15) is 9.59 Å². The Morgan fingerprint density at radius 3 is 2.51 bits per heavy atom. The molecule has 0 radical (unpaired) electrons. The van der Waals surface area contributed by atoms with Gasteiger partial charge in [0, 0.05) is 39.6 Å². The van der Waals surface area contributed by atoms with Crippen molar-refractivity contribution in [3.8, 4) is 23.0 Å². The smallest absolute Gasteiger partial charge is 0.280 e. The first-order chi connectivity index (χ1) is 19.6. The van der Waals surface area contributed by atoms with Gasteiger partial charge in [-0.25, -0.2) is 9.97 Å². The number of methoxy groups -OCH3 is 1. The van der Waals surface area contributed by atoms with Crippen LogP contribution in [0.25, 0.3) is 11.4 Å². The van der Waals surface area contributed by atoms with Crippen LogP contribution in [0.3, 0.4) is 0 Å². The van der Waals surface area contributed by atoms with Crippen LogP contribution in [0, 0.1) is 6.92 Å². The molecule has 0 bridgehead atoms. The van der Waals surface area contributed by atoms with Crippen LogP contribution in [0.2, 0.25) is 10.0 Å². The molecule has 2 aliphatic heterocycles. The van der Waals surface area contributed by atoms with E-state index in [4.69, 9.17) is 37.7 Å². The molecule has 1 atom stereocenters. The van der Waals surface area contributed by atoms with Crippen LogP contribution in [-0.4, -0.2) is 40.1 Å². The summed E-state index contributed by atoms with van der Waals surface area (Å²) >= 11 is 12.8. The third-order valence-electron chi connectivity index (χ3n) is 7.47. The quantitative estimate of drug-likeness (QED) is 0.278. The second-order valence-corrected chi connectivity index (χ2v) is 11.1. The number of nitrogens with one attached hydrogen (secondary N) is 1. The first-order valence-electron chi connectivity index (χ1n) is 13.2. The Bertz CT molecular complexity index is 1750. The van der Waals surface area contributed by atoms with Crippen LogP contribution >= 0.6 is 23.2 Å². The van der Waals surface area contributed by atoms with Gasteiger partial charge in [-0.3, -0.25) is 14.5 Å². The molecule has 210 valence electrons. The first-order valence-corrected chi connectivity index (χ1v) is 13.9. The molecule has 2 amide bonds. The highest BCUT2D eigenvalue weighted by molar-refractivity contribution is 6.32. The van der Waals surface area contributed by atoms with Crippen LogP contribution < -0.4 is 19.7 Å². The van der Waals surface area contributed by atoms with E-state index < -0.39 is 17.4 Å². The fourth-order valence-electron chi connectivity index (χ4n) is 5.81. The number of imidazole rings is 1. The average molecular weight is 592 g/mol. The Kier molecular flexibility index (Phi) is 6.47. The number of fused-ring (bicyclic) bond motifs is 4. The van der Waals surface area contributed by atoms with Crippen molar-refractivity contribution in [3.05, 3.63) is 81.2 Å². The number of carbonyl (C=O) groups excluding carboxylic acids is 2. The summed E-state index contributed by atoms with van der Waals surface area (Å²) in [5.41, 5.74) is 1.97. The van der Waals surface area contributed by atoms with Crippen molar-refractivity contribution in [2.24, 2.45) is 0 Å². The number of rotatable bonds is 6. The standard InChI is InChI=1S/C30H27Cl2N5O4/c1-6-41-24-13-23(40-5)19(14-33-24)27-35-25-26(36(27)15(2)3)30(20-10-9-17(31)11-21(20)34-29(30)39)37(28(25)38)22-12-18(32)8-7-16(22)4/h7-15H,6H2,1-5H3,(H,34,39). The van der Waals surface area contributed by atoms with Gasteiger partial charge in [-0.05, 0) is 57.5 Å². The zero-order valence-electron chi connectivity index (χ0n) is 23.1. The van der Waals surface area contributed by atoms with Gasteiger partial charge < -0.3 is 19.4 Å². The molecule has 0 saturated heterocycles. The number of ether oxygens (including phenoxy) is 2. The van der Waals surface area contributed by atoms with E-state index in [1.807, 2.05) is 38.3 Å². The lowest BCUT2D eigenvalue weighted by molar-refractivity contribution is -0.119. The number of nitrogens with zero attached hydrogens (tertiary/aromatic N) is 4. The van der Waals surface area contributed by atoms with Crippen LogP contribution in [0.4, 0.5) is 11.4 Å². The van der Waals surface area contributed by atoms with Gasteiger partial charge in [-0.1, -0.05) is 35.3 Å². The molecule has 0 fully saturated rings. The summed E-state index contributed by atoms with van der Waals surface area (Å²) in [4.78, 5) is 39.7. The maximum Gasteiger partial charge on any atom is 0.280 e. The molecule has 9 nitrogen and oxygen atoms in total. The zero-order chi connectivity index (χ0) is 29.2. The third kappa shape index (κ3) is 3.83. The average Bonchev–Trinajstić information content (AvgIpc) is 3.54. The van der Waals surface area contributed by atoms with Gasteiger partial charge in [0.15, 0.2) is 11.2 Å². The van der Waals surface area contributed by atoms with Gasteiger partial charge in [0.1, 0.15) is 11.6 Å². The van der Waals surface area contributed by atoms with E-state index >= 15 is 0 Å². The lowest BCUT2D eigenvalue weighted by Gasteiger charge is -2.36. The summed E-state index contributed by atoms with van der Waals surface area (Å²) in [5, 5.41) is 3.87. The topological polar surface area (TPSA) is 98.6 Å². The second-order valence-electron chi connectivity index (χ2n) is 10.2. The Balaban J connectivity index is 1.70. The van der Waals surface area contributed by atoms with E-state index in [1.54, 1.807) is 49.7 Å². The molecule has 41 heavy (non-hydrogen) atoms. The van der Waals surface area contributed by atoms with Crippen LogP contribution in [0.1, 0.15) is 54.1 Å². The van der Waals surface area contributed by atoms with Crippen LogP contribution in [-0.2, 0) is 10.3 Å². The van der Waals surface area contributed by atoms with Crippen molar-refractivity contribution in [3.63, 3.8) is 0 Å². The molecule has 1 N–H and O–H groups in total. The highest BCUT2D eigenvalue weighted by Crippen LogP contribution is 2.55. The number of aryl methyl sites for hydroxylation is 1. The van der Waals surface area contributed by atoms with E-state index in [0.717, 1.165) is 5.56 Å². The number of amides is 2. The van der Waals surface area contributed by atoms with Gasteiger partial charge in [-0.2, -0.15) is 0 Å². The number of aromatic nitrogens is 3. The largest absolute Gasteiger partial charge is 0.496 e. The Labute approximate surface area is 247 Å².